The van der Waals surface area contributed by atoms with Gasteiger partial charge in [0.15, 0.2) is 5.60 Å². The van der Waals surface area contributed by atoms with Crippen molar-refractivity contribution in [2.75, 3.05) is 0 Å². The summed E-state index contributed by atoms with van der Waals surface area (Å²) >= 11 is 0. The molecular formula is C26H19N3O9S. The topological polar surface area (TPSA) is 168 Å². The first-order valence-corrected chi connectivity index (χ1v) is 13.2. The van der Waals surface area contributed by atoms with Gasteiger partial charge >= 0.3 is 21.8 Å². The Bertz CT molecular complexity index is 1900. The van der Waals surface area contributed by atoms with Gasteiger partial charge < -0.3 is 18.6 Å². The van der Waals surface area contributed by atoms with Gasteiger partial charge in [-0.3, -0.25) is 14.9 Å². The van der Waals surface area contributed by atoms with Crippen LogP contribution in [0.2, 0.25) is 0 Å². The van der Waals surface area contributed by atoms with Crippen molar-refractivity contribution in [1.29, 1.82) is 0 Å². The molecule has 2 aliphatic rings. The van der Waals surface area contributed by atoms with Crippen LogP contribution in [0.25, 0.3) is 22.3 Å². The van der Waals surface area contributed by atoms with E-state index in [4.69, 9.17) is 8.92 Å². The second kappa shape index (κ2) is 8.44. The molecule has 0 saturated heterocycles. The van der Waals surface area contributed by atoms with Crippen molar-refractivity contribution in [2.24, 2.45) is 0 Å². The van der Waals surface area contributed by atoms with E-state index >= 15 is 0 Å². The Balaban J connectivity index is 1.51. The molecule has 6 rings (SSSR count). The quantitative estimate of drug-likeness (QED) is 0.149. The lowest BCUT2D eigenvalue weighted by Crippen LogP contribution is -2.44. The zero-order valence-electron chi connectivity index (χ0n) is 20.3. The lowest BCUT2D eigenvalue weighted by atomic mass is 9.86. The fraction of sp³-hybridized carbons (Fsp3) is 0.192. The van der Waals surface area contributed by atoms with Crippen LogP contribution in [0.1, 0.15) is 30.0 Å². The third-order valence-corrected chi connectivity index (χ3v) is 8.29. The Hall–Kier alpha value is -4.62. The van der Waals surface area contributed by atoms with Crippen molar-refractivity contribution in [3.63, 3.8) is 0 Å². The predicted molar refractivity (Wildman–Crippen MR) is 135 cm³/mol. The first-order chi connectivity index (χ1) is 18.5. The first-order valence-electron chi connectivity index (χ1n) is 11.8. The number of hydrogen-bond acceptors (Lipinski definition) is 10. The Morgan fingerprint density at radius 2 is 1.92 bits per heavy atom. The number of benzene rings is 2. The number of nitro benzene ring substituents is 1. The molecule has 2 aromatic carbocycles. The van der Waals surface area contributed by atoms with Crippen LogP contribution in [-0.2, 0) is 38.4 Å². The predicted octanol–water partition coefficient (Wildman–Crippen LogP) is 2.76. The highest BCUT2D eigenvalue weighted by Crippen LogP contribution is 2.42. The molecule has 198 valence electrons. The molecule has 0 saturated carbocycles. The van der Waals surface area contributed by atoms with Crippen molar-refractivity contribution < 1.29 is 32.2 Å². The summed E-state index contributed by atoms with van der Waals surface area (Å²) in [6.07, 6.45) is -0.0133. The third kappa shape index (κ3) is 3.61. The number of ether oxygens (including phenoxy) is 1. The second-order valence-corrected chi connectivity index (χ2v) is 10.7. The normalized spacial score (nSPS) is 17.7. The van der Waals surface area contributed by atoms with Crippen LogP contribution in [0.5, 0.6) is 5.75 Å². The highest BCUT2D eigenvalue weighted by Gasteiger charge is 2.45. The second-order valence-electron chi connectivity index (χ2n) is 9.19. The van der Waals surface area contributed by atoms with Gasteiger partial charge in [0.1, 0.15) is 11.5 Å². The van der Waals surface area contributed by atoms with Crippen LogP contribution in [-0.4, -0.2) is 34.0 Å². The van der Waals surface area contributed by atoms with E-state index < -0.39 is 43.6 Å². The molecule has 4 heterocycles. The molecule has 39 heavy (non-hydrogen) atoms. The number of pyridine rings is 2. The van der Waals surface area contributed by atoms with E-state index in [2.05, 4.69) is 4.98 Å². The number of nitro groups is 1. The number of carbonyl (C=O) groups is 1. The summed E-state index contributed by atoms with van der Waals surface area (Å²) < 4.78 is 37.2. The Morgan fingerprint density at radius 1 is 1.18 bits per heavy atom. The van der Waals surface area contributed by atoms with Gasteiger partial charge in [0.2, 0.25) is 5.75 Å². The molecule has 12 nitrogen and oxygen atoms in total. The summed E-state index contributed by atoms with van der Waals surface area (Å²) in [7, 11) is -4.36. The van der Waals surface area contributed by atoms with E-state index in [1.54, 1.807) is 13.0 Å². The van der Waals surface area contributed by atoms with Crippen LogP contribution >= 0.6 is 0 Å². The molecular weight excluding hydrogens is 530 g/mol. The minimum Gasteiger partial charge on any atom is -0.458 e. The Labute approximate surface area is 220 Å². The van der Waals surface area contributed by atoms with Crippen LogP contribution < -0.4 is 9.74 Å². The summed E-state index contributed by atoms with van der Waals surface area (Å²) in [5, 5.41) is 23.1. The van der Waals surface area contributed by atoms with E-state index in [9.17, 15) is 33.2 Å². The summed E-state index contributed by atoms with van der Waals surface area (Å²) in [4.78, 5) is 41.4. The number of hydrogen-bond donors (Lipinski definition) is 1. The van der Waals surface area contributed by atoms with Gasteiger partial charge in [-0.1, -0.05) is 25.1 Å². The minimum absolute atomic E-state index is 0.0133. The molecule has 0 aliphatic carbocycles. The van der Waals surface area contributed by atoms with Crippen LogP contribution in [0.15, 0.2) is 64.3 Å². The maximum atomic E-state index is 13.3. The minimum atomic E-state index is -4.36. The number of esters is 1. The molecule has 2 aromatic heterocycles. The van der Waals surface area contributed by atoms with E-state index in [0.29, 0.717) is 17.0 Å². The van der Waals surface area contributed by atoms with E-state index in [1.165, 1.54) is 47.0 Å². The van der Waals surface area contributed by atoms with Crippen molar-refractivity contribution in [3.8, 4) is 17.1 Å². The SMILES string of the molecule is CCC1(O)C(=O)OCc2c1cc1n(c2=O)Cc2cc3c([N+](=O)[O-])c(OS(=O)(=O)c4ccccc4)ccc3nc2-1. The first kappa shape index (κ1) is 24.7. The number of aliphatic hydroxyl groups is 1. The summed E-state index contributed by atoms with van der Waals surface area (Å²) in [5.41, 5.74) is -1.46. The van der Waals surface area contributed by atoms with E-state index in [-0.39, 0.29) is 46.5 Å². The smallest absolute Gasteiger partial charge is 0.343 e. The highest BCUT2D eigenvalue weighted by molar-refractivity contribution is 7.87. The van der Waals surface area contributed by atoms with Crippen LogP contribution in [0, 0.1) is 10.1 Å². The average molecular weight is 550 g/mol. The maximum absolute atomic E-state index is 13.3. The van der Waals surface area contributed by atoms with E-state index in [1.807, 2.05) is 0 Å². The maximum Gasteiger partial charge on any atom is 0.343 e. The molecule has 2 aliphatic heterocycles. The number of fused-ring (bicyclic) bond motifs is 5. The van der Waals surface area contributed by atoms with Gasteiger partial charge in [-0.15, -0.1) is 0 Å². The zero-order valence-corrected chi connectivity index (χ0v) is 21.1. The molecule has 13 heteroatoms. The van der Waals surface area contributed by atoms with E-state index in [0.717, 1.165) is 6.07 Å². The lowest BCUT2D eigenvalue weighted by molar-refractivity contribution is -0.383. The Kier molecular flexibility index (Phi) is 5.35. The molecule has 1 N–H and O–H groups in total. The number of rotatable bonds is 5. The van der Waals surface area contributed by atoms with Gasteiger partial charge in [0, 0.05) is 11.1 Å². The van der Waals surface area contributed by atoms with Crippen molar-refractivity contribution in [1.82, 2.24) is 9.55 Å². The van der Waals surface area contributed by atoms with Gasteiger partial charge in [0.25, 0.3) is 5.56 Å². The highest BCUT2D eigenvalue weighted by atomic mass is 32.2. The molecule has 0 radical (unpaired) electrons. The molecule has 4 aromatic rings. The summed E-state index contributed by atoms with van der Waals surface area (Å²) in [5.74, 6) is -1.33. The average Bonchev–Trinajstić information content (AvgIpc) is 3.27. The molecule has 0 bridgehead atoms. The zero-order chi connectivity index (χ0) is 27.7. The van der Waals surface area contributed by atoms with Gasteiger partial charge in [-0.05, 0) is 42.8 Å². The summed E-state index contributed by atoms with van der Waals surface area (Å²) in [6.45, 7) is 1.32. The van der Waals surface area contributed by atoms with Crippen LogP contribution in [0.4, 0.5) is 5.69 Å². The van der Waals surface area contributed by atoms with Crippen molar-refractivity contribution >= 4 is 32.7 Å². The van der Waals surface area contributed by atoms with Crippen LogP contribution in [0.3, 0.4) is 0 Å². The van der Waals surface area contributed by atoms with Gasteiger partial charge in [-0.2, -0.15) is 8.42 Å². The summed E-state index contributed by atoms with van der Waals surface area (Å²) in [6, 6.07) is 12.8. The standard InChI is InChI=1S/C26H19N3O9S/c1-2-26(32)18-11-20-22-14(12-28(20)24(30)17(18)13-37-25(26)31)10-16-19(27-22)8-9-21(23(16)29(33)34)38-39(35,36)15-6-4-3-5-7-15/h3-11,32H,2,12-13H2,1H3. The largest absolute Gasteiger partial charge is 0.458 e. The molecule has 1 atom stereocenters. The van der Waals surface area contributed by atoms with Crippen molar-refractivity contribution in [2.45, 2.75) is 37.0 Å². The molecule has 0 fully saturated rings. The lowest BCUT2D eigenvalue weighted by Gasteiger charge is -2.31. The molecule has 0 spiro atoms. The Morgan fingerprint density at radius 3 is 2.62 bits per heavy atom. The fourth-order valence-electron chi connectivity index (χ4n) is 5.03. The number of nitrogens with zero attached hydrogens (tertiary/aromatic N) is 3. The number of aromatic nitrogens is 2. The van der Waals surface area contributed by atoms with Gasteiger partial charge in [-0.25, -0.2) is 9.78 Å². The number of cyclic esters (lactones) is 1. The molecule has 0 amide bonds. The fourth-order valence-corrected chi connectivity index (χ4v) is 5.98. The van der Waals surface area contributed by atoms with Crippen molar-refractivity contribution in [3.05, 3.63) is 91.8 Å². The monoisotopic (exact) mass is 549 g/mol. The molecule has 1 unspecified atom stereocenters. The third-order valence-electron chi connectivity index (χ3n) is 7.04. The van der Waals surface area contributed by atoms with Gasteiger partial charge in [0.05, 0.1) is 39.3 Å². The number of carbonyl (C=O) groups excluding carboxylic acids is 1.